The van der Waals surface area contributed by atoms with Crippen molar-refractivity contribution in [3.8, 4) is 23.1 Å². The first-order valence-electron chi connectivity index (χ1n) is 7.57. The van der Waals surface area contributed by atoms with Gasteiger partial charge in [0, 0.05) is 5.02 Å². The van der Waals surface area contributed by atoms with Crippen LogP contribution in [0.5, 0.6) is 11.7 Å². The Balaban J connectivity index is 1.67. The fourth-order valence-corrected chi connectivity index (χ4v) is 3.39. The Morgan fingerprint density at radius 2 is 2.08 bits per heavy atom. The van der Waals surface area contributed by atoms with E-state index >= 15 is 0 Å². The quantitative estimate of drug-likeness (QED) is 0.496. The minimum Gasteiger partial charge on any atom is -0.496 e. The fraction of sp³-hybridized carbons (Fsp3) is 0.0556. The van der Waals surface area contributed by atoms with Gasteiger partial charge in [-0.05, 0) is 30.3 Å². The third-order valence-corrected chi connectivity index (χ3v) is 4.79. The largest absolute Gasteiger partial charge is 0.496 e. The number of aromatic hydroxyl groups is 1. The summed E-state index contributed by atoms with van der Waals surface area (Å²) in [4.78, 5) is 13.0. The maximum atomic E-state index is 10.0. The lowest BCUT2D eigenvalue weighted by atomic mass is 10.2. The molecule has 4 aromatic rings. The normalized spacial score (nSPS) is 11.5. The van der Waals surface area contributed by atoms with Crippen LogP contribution >= 0.6 is 22.9 Å². The van der Waals surface area contributed by atoms with Crippen LogP contribution in [0.1, 0.15) is 5.69 Å². The highest BCUT2D eigenvalue weighted by molar-refractivity contribution is 7.22. The Hall–Kier alpha value is -2.90. The number of nitrogens with zero attached hydrogens (tertiary/aromatic N) is 3. The molecule has 8 heteroatoms. The zero-order valence-electron chi connectivity index (χ0n) is 13.5. The van der Waals surface area contributed by atoms with E-state index in [4.69, 9.17) is 20.8 Å². The molecule has 1 N–H and O–H groups in total. The van der Waals surface area contributed by atoms with Crippen molar-refractivity contribution in [2.24, 2.45) is 4.99 Å². The summed E-state index contributed by atoms with van der Waals surface area (Å²) >= 11 is 7.48. The van der Waals surface area contributed by atoms with Gasteiger partial charge < -0.3 is 14.3 Å². The van der Waals surface area contributed by atoms with Gasteiger partial charge in [0.2, 0.25) is 11.0 Å². The average molecular weight is 386 g/mol. The lowest BCUT2D eigenvalue weighted by Crippen LogP contribution is -1.88. The van der Waals surface area contributed by atoms with Gasteiger partial charge in [0.15, 0.2) is 5.69 Å². The van der Waals surface area contributed by atoms with Crippen LogP contribution in [0.3, 0.4) is 0 Å². The molecule has 0 aliphatic carbocycles. The van der Waals surface area contributed by atoms with Gasteiger partial charge in [-0.3, -0.25) is 0 Å². The van der Waals surface area contributed by atoms with Crippen LogP contribution in [-0.2, 0) is 0 Å². The second-order valence-corrected chi connectivity index (χ2v) is 6.72. The monoisotopic (exact) mass is 385 g/mol. The van der Waals surface area contributed by atoms with Crippen molar-refractivity contribution in [3.05, 3.63) is 53.2 Å². The number of hydrogen-bond acceptors (Lipinski definition) is 7. The summed E-state index contributed by atoms with van der Waals surface area (Å²) in [6, 6.07) is 12.8. The highest BCUT2D eigenvalue weighted by Gasteiger charge is 2.17. The molecule has 2 aromatic heterocycles. The highest BCUT2D eigenvalue weighted by atomic mass is 35.5. The van der Waals surface area contributed by atoms with E-state index in [2.05, 4.69) is 15.0 Å². The van der Waals surface area contributed by atoms with Crippen molar-refractivity contribution in [2.45, 2.75) is 0 Å². The number of thiazole rings is 1. The van der Waals surface area contributed by atoms with Crippen molar-refractivity contribution in [3.63, 3.8) is 0 Å². The van der Waals surface area contributed by atoms with Crippen LogP contribution in [0.4, 0.5) is 5.13 Å². The fourth-order valence-electron chi connectivity index (χ4n) is 2.40. The van der Waals surface area contributed by atoms with Crippen molar-refractivity contribution in [1.82, 2.24) is 9.97 Å². The molecular formula is C18H12ClN3O3S. The molecule has 2 aromatic carbocycles. The summed E-state index contributed by atoms with van der Waals surface area (Å²) < 4.78 is 11.7. The Kier molecular flexibility index (Phi) is 4.32. The van der Waals surface area contributed by atoms with E-state index in [-0.39, 0.29) is 17.5 Å². The number of aromatic nitrogens is 2. The molecule has 0 saturated heterocycles. The van der Waals surface area contributed by atoms with Gasteiger partial charge in [-0.2, -0.15) is 0 Å². The SMILES string of the molecule is COc1ccc(Cl)cc1-c1nc(C=Nc2nc3ccccc3s2)c(O)o1. The Morgan fingerprint density at radius 3 is 2.88 bits per heavy atom. The smallest absolute Gasteiger partial charge is 0.312 e. The third kappa shape index (κ3) is 3.14. The molecule has 0 bridgehead atoms. The molecule has 0 fully saturated rings. The van der Waals surface area contributed by atoms with Crippen LogP contribution in [-0.4, -0.2) is 28.4 Å². The van der Waals surface area contributed by atoms with Gasteiger partial charge in [0.25, 0.3) is 0 Å². The van der Waals surface area contributed by atoms with E-state index in [9.17, 15) is 5.11 Å². The molecule has 130 valence electrons. The van der Waals surface area contributed by atoms with Crippen molar-refractivity contribution >= 4 is 44.5 Å². The first-order valence-corrected chi connectivity index (χ1v) is 8.77. The van der Waals surface area contributed by atoms with Crippen molar-refractivity contribution in [1.29, 1.82) is 0 Å². The van der Waals surface area contributed by atoms with E-state index < -0.39 is 0 Å². The van der Waals surface area contributed by atoms with Crippen LogP contribution in [0.25, 0.3) is 21.7 Å². The summed E-state index contributed by atoms with van der Waals surface area (Å²) in [6.07, 6.45) is 1.41. The Morgan fingerprint density at radius 1 is 1.23 bits per heavy atom. The number of oxazole rings is 1. The summed E-state index contributed by atoms with van der Waals surface area (Å²) in [5.74, 6) is 0.379. The molecule has 0 radical (unpaired) electrons. The number of ether oxygens (including phenoxy) is 1. The number of fused-ring (bicyclic) bond motifs is 1. The van der Waals surface area contributed by atoms with E-state index in [1.165, 1.54) is 24.7 Å². The summed E-state index contributed by atoms with van der Waals surface area (Å²) in [6.45, 7) is 0. The van der Waals surface area contributed by atoms with Gasteiger partial charge in [0.05, 0.1) is 29.1 Å². The molecule has 26 heavy (non-hydrogen) atoms. The number of halogens is 1. The minimum atomic E-state index is -0.341. The van der Waals surface area contributed by atoms with Crippen molar-refractivity contribution in [2.75, 3.05) is 7.11 Å². The number of rotatable bonds is 4. The first-order chi connectivity index (χ1) is 12.6. The van der Waals surface area contributed by atoms with Gasteiger partial charge >= 0.3 is 5.95 Å². The number of hydrogen-bond donors (Lipinski definition) is 1. The molecule has 0 spiro atoms. The predicted molar refractivity (Wildman–Crippen MR) is 102 cm³/mol. The molecule has 6 nitrogen and oxygen atoms in total. The Bertz CT molecular complexity index is 1090. The van der Waals surface area contributed by atoms with E-state index in [1.807, 2.05) is 24.3 Å². The van der Waals surface area contributed by atoms with Gasteiger partial charge in [-0.15, -0.1) is 0 Å². The van der Waals surface area contributed by atoms with Crippen LogP contribution < -0.4 is 4.74 Å². The zero-order chi connectivity index (χ0) is 18.1. The standard InChI is InChI=1S/C18H12ClN3O3S/c1-24-14-7-6-10(19)8-11(14)16-21-13(17(23)25-16)9-20-18-22-12-4-2-3-5-15(12)26-18/h2-9,23H,1H3. The van der Waals surface area contributed by atoms with E-state index in [0.29, 0.717) is 21.5 Å². The molecule has 0 aliphatic heterocycles. The molecule has 0 unspecified atom stereocenters. The molecule has 0 saturated carbocycles. The maximum Gasteiger partial charge on any atom is 0.312 e. The molecule has 0 amide bonds. The lowest BCUT2D eigenvalue weighted by Gasteiger charge is -2.04. The van der Waals surface area contributed by atoms with Crippen LogP contribution in [0, 0.1) is 0 Å². The zero-order valence-corrected chi connectivity index (χ0v) is 15.1. The average Bonchev–Trinajstić information content (AvgIpc) is 3.22. The lowest BCUT2D eigenvalue weighted by molar-refractivity contribution is 0.336. The minimum absolute atomic E-state index is 0.188. The number of para-hydroxylation sites is 1. The topological polar surface area (TPSA) is 80.7 Å². The van der Waals surface area contributed by atoms with Crippen LogP contribution in [0.15, 0.2) is 51.9 Å². The second-order valence-electron chi connectivity index (χ2n) is 5.28. The van der Waals surface area contributed by atoms with Crippen molar-refractivity contribution < 1.29 is 14.3 Å². The summed E-state index contributed by atoms with van der Waals surface area (Å²) in [7, 11) is 1.53. The summed E-state index contributed by atoms with van der Waals surface area (Å²) in [5, 5.41) is 11.1. The second kappa shape index (κ2) is 6.78. The van der Waals surface area contributed by atoms with Gasteiger partial charge in [0.1, 0.15) is 5.75 Å². The molecular weight excluding hydrogens is 374 g/mol. The van der Waals surface area contributed by atoms with Gasteiger partial charge in [-0.25, -0.2) is 15.0 Å². The van der Waals surface area contributed by atoms with E-state index in [1.54, 1.807) is 18.2 Å². The Labute approximate surface area is 157 Å². The predicted octanol–water partition coefficient (Wildman–Crippen LogP) is 5.07. The molecule has 0 aliphatic rings. The number of aliphatic imine (C=N–C) groups is 1. The molecule has 0 atom stereocenters. The van der Waals surface area contributed by atoms with E-state index in [0.717, 1.165) is 10.2 Å². The number of benzene rings is 2. The highest BCUT2D eigenvalue weighted by Crippen LogP contribution is 2.35. The first kappa shape index (κ1) is 16.6. The summed E-state index contributed by atoms with van der Waals surface area (Å²) in [5.41, 5.74) is 1.61. The molecule has 2 heterocycles. The van der Waals surface area contributed by atoms with Crippen LogP contribution in [0.2, 0.25) is 5.02 Å². The maximum absolute atomic E-state index is 10.0. The third-order valence-electron chi connectivity index (χ3n) is 3.61. The molecule has 4 rings (SSSR count). The van der Waals surface area contributed by atoms with Gasteiger partial charge in [-0.1, -0.05) is 35.1 Å². The number of methoxy groups -OCH3 is 1.